The third kappa shape index (κ3) is 6.74. The predicted octanol–water partition coefficient (Wildman–Crippen LogP) is 4.08. The van der Waals surface area contributed by atoms with E-state index in [-0.39, 0.29) is 11.9 Å². The van der Waals surface area contributed by atoms with Crippen LogP contribution in [-0.4, -0.2) is 43.8 Å². The molecule has 0 aliphatic heterocycles. The van der Waals surface area contributed by atoms with Crippen molar-refractivity contribution in [3.05, 3.63) is 107 Å². The number of nitrogens with zero attached hydrogens (tertiary/aromatic N) is 5. The molecule has 3 aromatic heterocycles. The van der Waals surface area contributed by atoms with Crippen LogP contribution in [0.15, 0.2) is 65.8 Å². The predicted molar refractivity (Wildman–Crippen MR) is 148 cm³/mol. The van der Waals surface area contributed by atoms with Crippen LogP contribution in [0.4, 0.5) is 0 Å². The van der Waals surface area contributed by atoms with Crippen molar-refractivity contribution in [2.24, 2.45) is 0 Å². The SMILES string of the molecule is Cc1ncnc(C)c1C(=O)NCc1ccc(CN(CCNCc2ncco2)C2CCCc3cccnc32)cc1. The van der Waals surface area contributed by atoms with E-state index in [1.807, 2.05) is 26.1 Å². The highest BCUT2D eigenvalue weighted by Crippen LogP contribution is 2.33. The highest BCUT2D eigenvalue weighted by atomic mass is 16.3. The van der Waals surface area contributed by atoms with Crippen molar-refractivity contribution in [2.75, 3.05) is 13.1 Å². The van der Waals surface area contributed by atoms with Gasteiger partial charge in [0.25, 0.3) is 5.91 Å². The van der Waals surface area contributed by atoms with Crippen LogP contribution in [0, 0.1) is 13.8 Å². The molecule has 3 heterocycles. The number of nitrogens with one attached hydrogen (secondary N) is 2. The van der Waals surface area contributed by atoms with Gasteiger partial charge in [-0.1, -0.05) is 30.3 Å². The second-order valence-corrected chi connectivity index (χ2v) is 9.95. The summed E-state index contributed by atoms with van der Waals surface area (Å²) < 4.78 is 5.35. The molecule has 39 heavy (non-hydrogen) atoms. The van der Waals surface area contributed by atoms with Gasteiger partial charge in [0.05, 0.1) is 41.4 Å². The van der Waals surface area contributed by atoms with Gasteiger partial charge in [0, 0.05) is 32.4 Å². The lowest BCUT2D eigenvalue weighted by Crippen LogP contribution is -2.36. The van der Waals surface area contributed by atoms with Gasteiger partial charge in [-0.2, -0.15) is 0 Å². The molecular weight excluding hydrogens is 490 g/mol. The van der Waals surface area contributed by atoms with E-state index in [0.717, 1.165) is 44.5 Å². The van der Waals surface area contributed by atoms with Gasteiger partial charge < -0.3 is 15.1 Å². The fraction of sp³-hybridized carbons (Fsp3) is 0.367. The minimum Gasteiger partial charge on any atom is -0.448 e. The van der Waals surface area contributed by atoms with Crippen LogP contribution in [0.5, 0.6) is 0 Å². The van der Waals surface area contributed by atoms with E-state index in [9.17, 15) is 4.79 Å². The van der Waals surface area contributed by atoms with Crippen molar-refractivity contribution in [2.45, 2.75) is 58.8 Å². The minimum absolute atomic E-state index is 0.151. The van der Waals surface area contributed by atoms with E-state index in [0.29, 0.717) is 35.9 Å². The van der Waals surface area contributed by atoms with Gasteiger partial charge in [0.2, 0.25) is 5.89 Å². The maximum absolute atomic E-state index is 12.7. The van der Waals surface area contributed by atoms with Crippen molar-refractivity contribution in [1.29, 1.82) is 0 Å². The van der Waals surface area contributed by atoms with E-state index in [4.69, 9.17) is 9.40 Å². The van der Waals surface area contributed by atoms with Crippen LogP contribution in [0.3, 0.4) is 0 Å². The summed E-state index contributed by atoms with van der Waals surface area (Å²) in [5.41, 5.74) is 6.74. The number of rotatable bonds is 11. The number of aryl methyl sites for hydroxylation is 3. The van der Waals surface area contributed by atoms with Crippen molar-refractivity contribution in [3.63, 3.8) is 0 Å². The molecule has 1 aromatic carbocycles. The van der Waals surface area contributed by atoms with E-state index >= 15 is 0 Å². The minimum atomic E-state index is -0.151. The monoisotopic (exact) mass is 525 g/mol. The number of pyridine rings is 1. The second-order valence-electron chi connectivity index (χ2n) is 9.95. The summed E-state index contributed by atoms with van der Waals surface area (Å²) in [4.78, 5) is 32.5. The van der Waals surface area contributed by atoms with Gasteiger partial charge in [-0.3, -0.25) is 14.7 Å². The van der Waals surface area contributed by atoms with Crippen molar-refractivity contribution in [3.8, 4) is 0 Å². The highest BCUT2D eigenvalue weighted by Gasteiger charge is 2.27. The molecule has 0 fully saturated rings. The Morgan fingerprint density at radius 1 is 1.00 bits per heavy atom. The number of carbonyl (C=O) groups excluding carboxylic acids is 1. The number of aromatic nitrogens is 4. The molecule has 5 rings (SSSR count). The Morgan fingerprint density at radius 2 is 1.79 bits per heavy atom. The summed E-state index contributed by atoms with van der Waals surface area (Å²) in [5, 5.41) is 6.46. The van der Waals surface area contributed by atoms with Crippen LogP contribution >= 0.6 is 0 Å². The molecule has 1 aliphatic rings. The molecule has 0 bridgehead atoms. The zero-order valence-electron chi connectivity index (χ0n) is 22.6. The number of fused-ring (bicyclic) bond motifs is 1. The first kappa shape index (κ1) is 26.6. The summed E-state index contributed by atoms with van der Waals surface area (Å²) in [7, 11) is 0. The molecule has 0 saturated heterocycles. The maximum Gasteiger partial charge on any atom is 0.255 e. The molecular formula is C30H35N7O2. The van der Waals surface area contributed by atoms with Crippen molar-refractivity contribution in [1.82, 2.24) is 35.5 Å². The van der Waals surface area contributed by atoms with Crippen LogP contribution in [0.1, 0.15) is 68.9 Å². The summed E-state index contributed by atoms with van der Waals surface area (Å²) in [6, 6.07) is 13.0. The van der Waals surface area contributed by atoms with E-state index in [1.54, 1.807) is 12.5 Å². The lowest BCUT2D eigenvalue weighted by atomic mass is 9.90. The molecule has 1 amide bonds. The fourth-order valence-corrected chi connectivity index (χ4v) is 5.23. The van der Waals surface area contributed by atoms with Gasteiger partial charge >= 0.3 is 0 Å². The zero-order valence-corrected chi connectivity index (χ0v) is 22.6. The Labute approximate surface area is 229 Å². The first-order valence-corrected chi connectivity index (χ1v) is 13.5. The number of oxazole rings is 1. The van der Waals surface area contributed by atoms with Gasteiger partial charge in [0.15, 0.2) is 0 Å². The van der Waals surface area contributed by atoms with Gasteiger partial charge in [-0.05, 0) is 55.9 Å². The molecule has 2 N–H and O–H groups in total. The Kier molecular flexibility index (Phi) is 8.70. The molecule has 202 valence electrons. The number of hydrogen-bond donors (Lipinski definition) is 2. The average molecular weight is 526 g/mol. The van der Waals surface area contributed by atoms with Crippen LogP contribution in [0.2, 0.25) is 0 Å². The first-order valence-electron chi connectivity index (χ1n) is 13.5. The quantitative estimate of drug-likeness (QED) is 0.282. The number of carbonyl (C=O) groups is 1. The molecule has 4 aromatic rings. The number of amides is 1. The Morgan fingerprint density at radius 3 is 2.56 bits per heavy atom. The molecule has 9 heteroatoms. The summed E-state index contributed by atoms with van der Waals surface area (Å²) in [6.07, 6.45) is 10.00. The van der Waals surface area contributed by atoms with Crippen LogP contribution < -0.4 is 10.6 Å². The Balaban J connectivity index is 1.23. The van der Waals surface area contributed by atoms with Crippen LogP contribution in [-0.2, 0) is 26.1 Å². The van der Waals surface area contributed by atoms with Crippen LogP contribution in [0.25, 0.3) is 0 Å². The fourth-order valence-electron chi connectivity index (χ4n) is 5.23. The largest absolute Gasteiger partial charge is 0.448 e. The first-order chi connectivity index (χ1) is 19.1. The highest BCUT2D eigenvalue weighted by molar-refractivity contribution is 5.96. The Bertz CT molecular complexity index is 1350. The van der Waals surface area contributed by atoms with Gasteiger partial charge in [-0.15, -0.1) is 0 Å². The van der Waals surface area contributed by atoms with Gasteiger partial charge in [0.1, 0.15) is 12.6 Å². The number of benzene rings is 1. The topological polar surface area (TPSA) is 109 Å². The lowest BCUT2D eigenvalue weighted by molar-refractivity contribution is 0.0948. The van der Waals surface area contributed by atoms with Gasteiger partial charge in [-0.25, -0.2) is 15.0 Å². The Hall–Kier alpha value is -3.95. The molecule has 1 aliphatic carbocycles. The summed E-state index contributed by atoms with van der Waals surface area (Å²) in [6.45, 7) is 7.20. The molecule has 1 unspecified atom stereocenters. The van der Waals surface area contributed by atoms with E-state index < -0.39 is 0 Å². The van der Waals surface area contributed by atoms with Crippen molar-refractivity contribution >= 4 is 5.91 Å². The molecule has 9 nitrogen and oxygen atoms in total. The summed E-state index contributed by atoms with van der Waals surface area (Å²) >= 11 is 0. The molecule has 1 atom stereocenters. The average Bonchev–Trinajstić information content (AvgIpc) is 3.47. The normalized spacial score (nSPS) is 14.8. The maximum atomic E-state index is 12.7. The summed E-state index contributed by atoms with van der Waals surface area (Å²) in [5.74, 6) is 0.542. The molecule has 0 radical (unpaired) electrons. The standard InChI is InChI=1S/C30H35N7O2/c1-21-28(22(2)36-20-35-21)30(38)34-17-23-8-10-24(11-9-23)19-37(15-13-31-18-27-32-14-16-39-27)26-7-3-5-25-6-4-12-33-29(25)26/h4,6,8-12,14,16,20,26,31H,3,5,7,13,15,17-19H2,1-2H3,(H,34,38). The van der Waals surface area contributed by atoms with Crippen molar-refractivity contribution < 1.29 is 9.21 Å². The van der Waals surface area contributed by atoms with E-state index in [1.165, 1.54) is 23.1 Å². The zero-order chi connectivity index (χ0) is 27.0. The number of hydrogen-bond acceptors (Lipinski definition) is 8. The lowest BCUT2D eigenvalue weighted by Gasteiger charge is -2.35. The third-order valence-corrected chi connectivity index (χ3v) is 7.26. The smallest absolute Gasteiger partial charge is 0.255 e. The molecule has 0 spiro atoms. The second kappa shape index (κ2) is 12.7. The van der Waals surface area contributed by atoms with E-state index in [2.05, 4.69) is 60.8 Å². The molecule has 0 saturated carbocycles. The third-order valence-electron chi connectivity index (χ3n) is 7.26.